The van der Waals surface area contributed by atoms with Crippen molar-refractivity contribution in [1.29, 1.82) is 0 Å². The zero-order valence-electron chi connectivity index (χ0n) is 12.9. The number of tetrazole rings is 1. The van der Waals surface area contributed by atoms with Crippen molar-refractivity contribution in [1.82, 2.24) is 35.2 Å². The van der Waals surface area contributed by atoms with Gasteiger partial charge in [-0.05, 0) is 46.8 Å². The summed E-state index contributed by atoms with van der Waals surface area (Å²) >= 11 is 0. The highest BCUT2D eigenvalue weighted by Crippen LogP contribution is 2.12. The molecule has 0 radical (unpaired) electrons. The third-order valence-electron chi connectivity index (χ3n) is 3.50. The molecule has 2 aromatic carbocycles. The van der Waals surface area contributed by atoms with Crippen LogP contribution in [0.5, 0.6) is 0 Å². The van der Waals surface area contributed by atoms with E-state index in [1.54, 1.807) is 35.1 Å². The number of anilines is 1. The van der Waals surface area contributed by atoms with Gasteiger partial charge in [-0.1, -0.05) is 23.4 Å². The first kappa shape index (κ1) is 14.7. The van der Waals surface area contributed by atoms with Gasteiger partial charge in [-0.25, -0.2) is 9.36 Å². The van der Waals surface area contributed by atoms with Crippen molar-refractivity contribution in [2.75, 3.05) is 5.32 Å². The fourth-order valence-corrected chi connectivity index (χ4v) is 2.26. The second-order valence-corrected chi connectivity index (χ2v) is 5.14. The monoisotopic (exact) mass is 332 g/mol. The SMILES string of the molecule is O=C(Nc1cn(-c2ccccc2)nn1)c1ccc(-n2cnnn2)cc1. The molecule has 2 heterocycles. The molecule has 0 aliphatic carbocycles. The fourth-order valence-electron chi connectivity index (χ4n) is 2.26. The average molecular weight is 332 g/mol. The first-order valence-electron chi connectivity index (χ1n) is 7.42. The van der Waals surface area contributed by atoms with Crippen LogP contribution < -0.4 is 5.32 Å². The van der Waals surface area contributed by atoms with Crippen molar-refractivity contribution in [2.45, 2.75) is 0 Å². The predicted octanol–water partition coefficient (Wildman–Crippen LogP) is 1.50. The summed E-state index contributed by atoms with van der Waals surface area (Å²) in [6.07, 6.45) is 3.14. The molecule has 2 aromatic heterocycles. The zero-order chi connectivity index (χ0) is 17.1. The lowest BCUT2D eigenvalue weighted by atomic mass is 10.2. The minimum absolute atomic E-state index is 0.275. The molecule has 0 fully saturated rings. The van der Waals surface area contributed by atoms with E-state index in [0.29, 0.717) is 11.4 Å². The maximum atomic E-state index is 12.3. The lowest BCUT2D eigenvalue weighted by Crippen LogP contribution is -2.12. The summed E-state index contributed by atoms with van der Waals surface area (Å²) in [7, 11) is 0. The van der Waals surface area contributed by atoms with E-state index < -0.39 is 0 Å². The summed E-state index contributed by atoms with van der Waals surface area (Å²) in [6, 6.07) is 16.4. The number of para-hydroxylation sites is 1. The van der Waals surface area contributed by atoms with Gasteiger partial charge in [0, 0.05) is 5.56 Å². The molecule has 0 unspecified atom stereocenters. The van der Waals surface area contributed by atoms with Crippen LogP contribution in [-0.2, 0) is 0 Å². The molecule has 9 nitrogen and oxygen atoms in total. The van der Waals surface area contributed by atoms with Crippen LogP contribution in [0.3, 0.4) is 0 Å². The highest BCUT2D eigenvalue weighted by atomic mass is 16.1. The molecule has 1 amide bonds. The molecule has 0 aliphatic rings. The Morgan fingerprint density at radius 3 is 2.36 bits per heavy atom. The summed E-state index contributed by atoms with van der Waals surface area (Å²) in [5.74, 6) is 0.0989. The molecular weight excluding hydrogens is 320 g/mol. The quantitative estimate of drug-likeness (QED) is 0.607. The standard InChI is InChI=1S/C16H12N8O/c25-16(12-6-8-14(9-7-12)24-11-17-20-22-24)18-15-10-23(21-19-15)13-4-2-1-3-5-13/h1-11H,(H,18,25). The van der Waals surface area contributed by atoms with Gasteiger partial charge in [0.05, 0.1) is 17.6 Å². The number of carbonyl (C=O) groups is 1. The van der Waals surface area contributed by atoms with Gasteiger partial charge in [0.1, 0.15) is 6.33 Å². The van der Waals surface area contributed by atoms with Crippen LogP contribution in [0, 0.1) is 0 Å². The molecule has 4 rings (SSSR count). The van der Waals surface area contributed by atoms with Crippen molar-refractivity contribution in [2.24, 2.45) is 0 Å². The van der Waals surface area contributed by atoms with Crippen molar-refractivity contribution < 1.29 is 4.79 Å². The fraction of sp³-hybridized carbons (Fsp3) is 0. The molecule has 9 heteroatoms. The first-order valence-corrected chi connectivity index (χ1v) is 7.42. The molecular formula is C16H12N8O. The van der Waals surface area contributed by atoms with E-state index in [1.807, 2.05) is 30.3 Å². The van der Waals surface area contributed by atoms with Crippen LogP contribution in [0.2, 0.25) is 0 Å². The minimum Gasteiger partial charge on any atom is -0.304 e. The largest absolute Gasteiger partial charge is 0.304 e. The molecule has 1 N–H and O–H groups in total. The second-order valence-electron chi connectivity index (χ2n) is 5.14. The summed E-state index contributed by atoms with van der Waals surface area (Å²) in [5.41, 5.74) is 2.11. The van der Waals surface area contributed by atoms with Gasteiger partial charge in [0.2, 0.25) is 0 Å². The lowest BCUT2D eigenvalue weighted by molar-refractivity contribution is 0.102. The van der Waals surface area contributed by atoms with Gasteiger partial charge < -0.3 is 5.32 Å². The molecule has 0 saturated heterocycles. The Kier molecular flexibility index (Phi) is 3.71. The number of nitrogens with one attached hydrogen (secondary N) is 1. The minimum atomic E-state index is -0.275. The van der Waals surface area contributed by atoms with Crippen molar-refractivity contribution in [3.8, 4) is 11.4 Å². The zero-order valence-corrected chi connectivity index (χ0v) is 12.9. The van der Waals surface area contributed by atoms with Crippen molar-refractivity contribution in [3.63, 3.8) is 0 Å². The van der Waals surface area contributed by atoms with Gasteiger partial charge in [-0.2, -0.15) is 0 Å². The smallest absolute Gasteiger partial charge is 0.256 e. The van der Waals surface area contributed by atoms with Crippen molar-refractivity contribution in [3.05, 3.63) is 72.7 Å². The van der Waals surface area contributed by atoms with E-state index in [-0.39, 0.29) is 5.91 Å². The Hall–Kier alpha value is -3.88. The number of nitrogens with zero attached hydrogens (tertiary/aromatic N) is 7. The Bertz CT molecular complexity index is 977. The molecule has 25 heavy (non-hydrogen) atoms. The Balaban J connectivity index is 1.48. The highest BCUT2D eigenvalue weighted by molar-refractivity contribution is 6.03. The first-order chi connectivity index (χ1) is 12.3. The van der Waals surface area contributed by atoms with Gasteiger partial charge in [-0.3, -0.25) is 4.79 Å². The number of hydrogen-bond donors (Lipinski definition) is 1. The molecule has 0 spiro atoms. The van der Waals surface area contributed by atoms with Gasteiger partial charge in [-0.15, -0.1) is 10.2 Å². The molecule has 0 bridgehead atoms. The average Bonchev–Trinajstić information content (AvgIpc) is 3.35. The molecule has 0 aliphatic heterocycles. The van der Waals surface area contributed by atoms with Gasteiger partial charge in [0.15, 0.2) is 5.82 Å². The van der Waals surface area contributed by atoms with Crippen LogP contribution in [0.4, 0.5) is 5.82 Å². The van der Waals surface area contributed by atoms with E-state index in [2.05, 4.69) is 31.2 Å². The van der Waals surface area contributed by atoms with E-state index in [0.717, 1.165) is 11.4 Å². The van der Waals surface area contributed by atoms with Crippen LogP contribution >= 0.6 is 0 Å². The summed E-state index contributed by atoms with van der Waals surface area (Å²) < 4.78 is 3.10. The van der Waals surface area contributed by atoms with E-state index in [4.69, 9.17) is 0 Å². The number of hydrogen-bond acceptors (Lipinski definition) is 6. The predicted molar refractivity (Wildman–Crippen MR) is 88.5 cm³/mol. The normalized spacial score (nSPS) is 10.6. The maximum Gasteiger partial charge on any atom is 0.256 e. The number of rotatable bonds is 4. The van der Waals surface area contributed by atoms with Crippen LogP contribution in [-0.4, -0.2) is 41.1 Å². The van der Waals surface area contributed by atoms with E-state index in [9.17, 15) is 4.79 Å². The molecule has 122 valence electrons. The second kappa shape index (κ2) is 6.32. The number of amides is 1. The van der Waals surface area contributed by atoms with E-state index in [1.165, 1.54) is 11.0 Å². The molecule has 0 saturated carbocycles. The summed E-state index contributed by atoms with van der Waals surface area (Å²) in [6.45, 7) is 0. The van der Waals surface area contributed by atoms with Crippen LogP contribution in [0.25, 0.3) is 11.4 Å². The third kappa shape index (κ3) is 3.11. The van der Waals surface area contributed by atoms with Crippen molar-refractivity contribution >= 4 is 11.7 Å². The van der Waals surface area contributed by atoms with Crippen LogP contribution in [0.1, 0.15) is 10.4 Å². The van der Waals surface area contributed by atoms with Crippen LogP contribution in [0.15, 0.2) is 67.1 Å². The lowest BCUT2D eigenvalue weighted by Gasteiger charge is -2.03. The Morgan fingerprint density at radius 2 is 1.64 bits per heavy atom. The highest BCUT2D eigenvalue weighted by Gasteiger charge is 2.10. The Morgan fingerprint density at radius 1 is 0.880 bits per heavy atom. The number of carbonyl (C=O) groups excluding carboxylic acids is 1. The summed E-state index contributed by atoms with van der Waals surface area (Å²) in [5, 5.41) is 21.6. The van der Waals surface area contributed by atoms with E-state index >= 15 is 0 Å². The number of benzene rings is 2. The topological polar surface area (TPSA) is 103 Å². The maximum absolute atomic E-state index is 12.3. The number of aromatic nitrogens is 7. The third-order valence-corrected chi connectivity index (χ3v) is 3.50. The Labute approximate surface area is 141 Å². The van der Waals surface area contributed by atoms with Gasteiger partial charge in [0.25, 0.3) is 5.91 Å². The summed E-state index contributed by atoms with van der Waals surface area (Å²) in [4.78, 5) is 12.3. The molecule has 0 atom stereocenters. The van der Waals surface area contributed by atoms with Gasteiger partial charge >= 0.3 is 0 Å². The molecule has 4 aromatic rings.